The van der Waals surface area contributed by atoms with E-state index < -0.39 is 28.4 Å². The summed E-state index contributed by atoms with van der Waals surface area (Å²) in [5.74, 6) is 0.144. The molecule has 3 aromatic rings. The molecule has 0 saturated heterocycles. The quantitative estimate of drug-likeness (QED) is 0.386. The second-order valence-electron chi connectivity index (χ2n) is 7.65. The van der Waals surface area contributed by atoms with Crippen molar-refractivity contribution in [2.45, 2.75) is 19.0 Å². The van der Waals surface area contributed by atoms with Crippen molar-refractivity contribution in [1.82, 2.24) is 10.3 Å². The van der Waals surface area contributed by atoms with Crippen LogP contribution in [-0.2, 0) is 17.4 Å². The molecule has 0 fully saturated rings. The maximum absolute atomic E-state index is 13.1. The molecule has 3 N–H and O–H groups in total. The van der Waals surface area contributed by atoms with Gasteiger partial charge in [0.1, 0.15) is 28.6 Å². The highest BCUT2D eigenvalue weighted by Crippen LogP contribution is 2.44. The van der Waals surface area contributed by atoms with Crippen LogP contribution in [0.4, 0.5) is 18.9 Å². The third-order valence-corrected chi connectivity index (χ3v) is 5.42. The average Bonchev–Trinajstić information content (AvgIpc) is 3.34. The Morgan fingerprint density at radius 2 is 1.97 bits per heavy atom. The summed E-state index contributed by atoms with van der Waals surface area (Å²) >= 11 is 5.56. The van der Waals surface area contributed by atoms with Crippen molar-refractivity contribution in [2.75, 3.05) is 18.4 Å². The van der Waals surface area contributed by atoms with Gasteiger partial charge in [-0.1, -0.05) is 23.7 Å². The number of carbonyl (C=O) groups is 1. The van der Waals surface area contributed by atoms with Crippen molar-refractivity contribution in [1.29, 1.82) is 0 Å². The molecule has 2 aromatic carbocycles. The van der Waals surface area contributed by atoms with Crippen LogP contribution >= 0.6 is 11.6 Å². The molecule has 0 unspecified atom stereocenters. The van der Waals surface area contributed by atoms with E-state index in [2.05, 4.69) is 20.6 Å². The first-order valence-corrected chi connectivity index (χ1v) is 11.0. The van der Waals surface area contributed by atoms with Crippen molar-refractivity contribution < 1.29 is 27.8 Å². The number of nitrogens with one attached hydrogen (secondary N) is 2. The number of aromatic hydroxyl groups is 1. The number of amidine groups is 1. The number of pyridine rings is 1. The van der Waals surface area contributed by atoms with Crippen LogP contribution in [0, 0.1) is 0 Å². The highest BCUT2D eigenvalue weighted by atomic mass is 35.5. The summed E-state index contributed by atoms with van der Waals surface area (Å²) in [6.07, 6.45) is -2.97. The number of halogens is 4. The normalized spacial score (nSPS) is 13.2. The van der Waals surface area contributed by atoms with Gasteiger partial charge in [0.2, 0.25) is 5.91 Å². The average molecular weight is 505 g/mol. The topological polar surface area (TPSA) is 95.8 Å². The van der Waals surface area contributed by atoms with E-state index >= 15 is 0 Å². The Kier molecular flexibility index (Phi) is 7.11. The molecule has 0 saturated carbocycles. The Balaban J connectivity index is 1.38. The Morgan fingerprint density at radius 3 is 2.71 bits per heavy atom. The second kappa shape index (κ2) is 10.2. The van der Waals surface area contributed by atoms with E-state index in [0.717, 1.165) is 24.2 Å². The number of hydrogen-bond donors (Lipinski definition) is 3. The van der Waals surface area contributed by atoms with Gasteiger partial charge in [0.05, 0.1) is 17.3 Å². The highest BCUT2D eigenvalue weighted by molar-refractivity contribution is 6.31. The molecule has 0 spiro atoms. The van der Waals surface area contributed by atoms with E-state index in [1.54, 1.807) is 42.6 Å². The maximum Gasteiger partial charge on any atom is 0.421 e. The van der Waals surface area contributed by atoms with Crippen LogP contribution in [0.2, 0.25) is 5.02 Å². The van der Waals surface area contributed by atoms with Gasteiger partial charge in [-0.05, 0) is 42.3 Å². The zero-order valence-corrected chi connectivity index (χ0v) is 19.0. The number of carbonyl (C=O) groups excluding carboxylic acids is 1. The molecule has 35 heavy (non-hydrogen) atoms. The number of alkyl halides is 3. The number of aryl methyl sites for hydroxylation is 1. The van der Waals surface area contributed by atoms with E-state index in [1.165, 1.54) is 0 Å². The van der Waals surface area contributed by atoms with Crippen molar-refractivity contribution in [3.05, 3.63) is 76.6 Å². The Bertz CT molecular complexity index is 1280. The van der Waals surface area contributed by atoms with Crippen LogP contribution in [0.5, 0.6) is 17.2 Å². The molecular weight excluding hydrogens is 485 g/mol. The van der Waals surface area contributed by atoms with E-state index in [1.807, 2.05) is 0 Å². The fourth-order valence-electron chi connectivity index (χ4n) is 3.48. The van der Waals surface area contributed by atoms with Gasteiger partial charge < -0.3 is 20.5 Å². The number of rotatable bonds is 7. The van der Waals surface area contributed by atoms with Gasteiger partial charge in [0, 0.05) is 25.2 Å². The van der Waals surface area contributed by atoms with Crippen LogP contribution in [0.25, 0.3) is 0 Å². The van der Waals surface area contributed by atoms with Crippen molar-refractivity contribution in [2.24, 2.45) is 4.99 Å². The van der Waals surface area contributed by atoms with Crippen molar-refractivity contribution in [3.8, 4) is 17.2 Å². The van der Waals surface area contributed by atoms with Gasteiger partial charge in [-0.3, -0.25) is 14.8 Å². The molecule has 0 bridgehead atoms. The van der Waals surface area contributed by atoms with Crippen LogP contribution in [-0.4, -0.2) is 34.9 Å². The predicted molar refractivity (Wildman–Crippen MR) is 125 cm³/mol. The number of benzene rings is 2. The Morgan fingerprint density at radius 1 is 1.17 bits per heavy atom. The van der Waals surface area contributed by atoms with Crippen molar-refractivity contribution >= 4 is 29.0 Å². The Labute approximate surface area is 203 Å². The maximum atomic E-state index is 13.1. The largest absolute Gasteiger partial charge is 0.505 e. The minimum absolute atomic E-state index is 0.0300. The molecule has 182 valence electrons. The summed E-state index contributed by atoms with van der Waals surface area (Å²) < 4.78 is 45.2. The number of anilines is 1. The number of phenols is 1. The molecule has 1 amide bonds. The molecule has 0 atom stereocenters. The first-order valence-electron chi connectivity index (χ1n) is 10.6. The molecule has 0 aliphatic carbocycles. The second-order valence-corrected chi connectivity index (χ2v) is 8.06. The fourth-order valence-corrected chi connectivity index (χ4v) is 3.74. The number of aliphatic imine (C=N–C) groups is 1. The first-order chi connectivity index (χ1) is 16.7. The number of amides is 1. The number of ether oxygens (including phenoxy) is 1. The standard InChI is InChI=1S/C24H20ClF3N4O3/c25-17-5-6-18(22(34)21(17)24(26,27)28)32-20(33)7-4-14-2-1-3-15(12-14)35-16-8-9-29-19(13-16)23-30-10-11-31-23/h1-3,5-6,8-9,12-13,34H,4,7,10-11H2,(H,30,31)(H,32,33). The van der Waals surface area contributed by atoms with Gasteiger partial charge in [0.25, 0.3) is 0 Å². The minimum atomic E-state index is -4.86. The van der Waals surface area contributed by atoms with Crippen LogP contribution in [0.3, 0.4) is 0 Å². The minimum Gasteiger partial charge on any atom is -0.505 e. The zero-order chi connectivity index (χ0) is 25.0. The number of aromatic nitrogens is 1. The smallest absolute Gasteiger partial charge is 0.421 e. The van der Waals surface area contributed by atoms with E-state index in [4.69, 9.17) is 16.3 Å². The SMILES string of the molecule is O=C(CCc1cccc(Oc2ccnc(C3=NCCN3)c2)c1)Nc1ccc(Cl)c(C(F)(F)F)c1O. The van der Waals surface area contributed by atoms with Crippen LogP contribution < -0.4 is 15.4 Å². The molecule has 4 rings (SSSR count). The lowest BCUT2D eigenvalue weighted by atomic mass is 10.1. The van der Waals surface area contributed by atoms with E-state index in [9.17, 15) is 23.1 Å². The Hall–Kier alpha value is -3.79. The molecule has 1 aliphatic heterocycles. The summed E-state index contributed by atoms with van der Waals surface area (Å²) in [6.45, 7) is 1.46. The number of hydrogen-bond acceptors (Lipinski definition) is 6. The summed E-state index contributed by atoms with van der Waals surface area (Å²) in [6, 6.07) is 12.7. The molecule has 1 aliphatic rings. The number of phenolic OH excluding ortho intramolecular Hbond substituents is 1. The van der Waals surface area contributed by atoms with Gasteiger partial charge >= 0.3 is 6.18 Å². The summed E-state index contributed by atoms with van der Waals surface area (Å²) in [5.41, 5.74) is -0.299. The molecular formula is C24H20ClF3N4O3. The van der Waals surface area contributed by atoms with Crippen LogP contribution in [0.1, 0.15) is 23.2 Å². The summed E-state index contributed by atoms with van der Waals surface area (Å²) in [5, 5.41) is 14.8. The van der Waals surface area contributed by atoms with E-state index in [0.29, 0.717) is 36.0 Å². The highest BCUT2D eigenvalue weighted by Gasteiger charge is 2.37. The van der Waals surface area contributed by atoms with Gasteiger partial charge in [-0.15, -0.1) is 0 Å². The predicted octanol–water partition coefficient (Wildman–Crippen LogP) is 5.17. The lowest BCUT2D eigenvalue weighted by molar-refractivity contribution is -0.138. The first kappa shape index (κ1) is 24.3. The van der Waals surface area contributed by atoms with Crippen molar-refractivity contribution in [3.63, 3.8) is 0 Å². The van der Waals surface area contributed by atoms with Crippen LogP contribution in [0.15, 0.2) is 59.7 Å². The van der Waals surface area contributed by atoms with E-state index in [-0.39, 0.29) is 12.1 Å². The molecule has 2 heterocycles. The molecule has 11 heteroatoms. The molecule has 7 nitrogen and oxygen atoms in total. The fraction of sp³-hybridized carbons (Fsp3) is 0.208. The lowest BCUT2D eigenvalue weighted by Crippen LogP contribution is -2.20. The van der Waals surface area contributed by atoms with Gasteiger partial charge in [0.15, 0.2) is 5.75 Å². The van der Waals surface area contributed by atoms with Gasteiger partial charge in [-0.2, -0.15) is 13.2 Å². The monoisotopic (exact) mass is 504 g/mol. The zero-order valence-electron chi connectivity index (χ0n) is 18.2. The summed E-state index contributed by atoms with van der Waals surface area (Å²) in [4.78, 5) is 21.0. The number of nitrogens with zero attached hydrogens (tertiary/aromatic N) is 2. The van der Waals surface area contributed by atoms with Gasteiger partial charge in [-0.25, -0.2) is 0 Å². The molecule has 0 radical (unpaired) electrons. The third kappa shape index (κ3) is 6.02. The lowest BCUT2D eigenvalue weighted by Gasteiger charge is -2.15. The summed E-state index contributed by atoms with van der Waals surface area (Å²) in [7, 11) is 0. The third-order valence-electron chi connectivity index (χ3n) is 5.11. The molecule has 1 aromatic heterocycles.